The van der Waals surface area contributed by atoms with E-state index in [0.717, 1.165) is 11.1 Å². The fourth-order valence-electron chi connectivity index (χ4n) is 2.44. The molecule has 0 saturated carbocycles. The van der Waals surface area contributed by atoms with Crippen molar-refractivity contribution in [2.75, 3.05) is 11.9 Å². The second kappa shape index (κ2) is 7.43. The number of benzene rings is 2. The number of carbonyl (C=O) groups excluding carboxylic acids is 1. The van der Waals surface area contributed by atoms with E-state index in [-0.39, 0.29) is 11.5 Å². The van der Waals surface area contributed by atoms with E-state index < -0.39 is 15.9 Å². The van der Waals surface area contributed by atoms with Gasteiger partial charge < -0.3 is 10.1 Å². The van der Waals surface area contributed by atoms with Crippen molar-refractivity contribution in [3.63, 3.8) is 0 Å². The zero-order chi connectivity index (χ0) is 18.8. The molecule has 0 bridgehead atoms. The van der Waals surface area contributed by atoms with Crippen LogP contribution in [-0.2, 0) is 14.8 Å². The van der Waals surface area contributed by atoms with Crippen LogP contribution in [0.3, 0.4) is 0 Å². The summed E-state index contributed by atoms with van der Waals surface area (Å²) in [5, 5.41) is 8.35. The maximum absolute atomic E-state index is 12.1. The maximum atomic E-state index is 12.1. The number of hydrogen-bond donors (Lipinski definition) is 2. The Kier molecular flexibility index (Phi) is 5.72. The third-order valence-corrected chi connectivity index (χ3v) is 4.82. The molecule has 0 atom stereocenters. The molecule has 1 amide bonds. The van der Waals surface area contributed by atoms with Gasteiger partial charge in [-0.1, -0.05) is 17.7 Å². The number of sulfonamides is 1. The zero-order valence-corrected chi connectivity index (χ0v) is 15.7. The lowest BCUT2D eigenvalue weighted by Crippen LogP contribution is -2.21. The third kappa shape index (κ3) is 4.94. The molecular formula is C17H19ClN2O4S. The summed E-state index contributed by atoms with van der Waals surface area (Å²) in [6.07, 6.45) is 0. The molecule has 0 aromatic heterocycles. The highest BCUT2D eigenvalue weighted by molar-refractivity contribution is 7.89. The minimum Gasteiger partial charge on any atom is -0.483 e. The van der Waals surface area contributed by atoms with Crippen LogP contribution in [0.4, 0.5) is 5.69 Å². The number of amides is 1. The topological polar surface area (TPSA) is 98.5 Å². The predicted molar refractivity (Wildman–Crippen MR) is 97.6 cm³/mol. The van der Waals surface area contributed by atoms with E-state index in [2.05, 4.69) is 5.32 Å². The van der Waals surface area contributed by atoms with Crippen LogP contribution in [0, 0.1) is 20.8 Å². The van der Waals surface area contributed by atoms with E-state index in [1.807, 2.05) is 13.8 Å². The van der Waals surface area contributed by atoms with Crippen molar-refractivity contribution in [1.82, 2.24) is 0 Å². The van der Waals surface area contributed by atoms with Crippen molar-refractivity contribution in [1.29, 1.82) is 0 Å². The summed E-state index contributed by atoms with van der Waals surface area (Å²) < 4.78 is 28.6. The molecule has 0 aliphatic rings. The minimum atomic E-state index is -3.86. The third-order valence-electron chi connectivity index (χ3n) is 3.55. The Bertz CT molecular complexity index is 903. The molecule has 0 heterocycles. The molecule has 0 aliphatic heterocycles. The van der Waals surface area contributed by atoms with Crippen molar-refractivity contribution in [2.45, 2.75) is 25.7 Å². The van der Waals surface area contributed by atoms with Crippen molar-refractivity contribution in [3.8, 4) is 5.75 Å². The number of carbonyl (C=O) groups is 1. The van der Waals surface area contributed by atoms with Crippen LogP contribution in [0.15, 0.2) is 35.2 Å². The van der Waals surface area contributed by atoms with Gasteiger partial charge in [0.05, 0.1) is 4.90 Å². The molecule has 6 nitrogen and oxygen atoms in total. The molecule has 0 fully saturated rings. The number of ether oxygens (including phenoxy) is 1. The van der Waals surface area contributed by atoms with Gasteiger partial charge in [0.15, 0.2) is 6.61 Å². The number of nitrogens with two attached hydrogens (primary N) is 1. The molecule has 2 rings (SSSR count). The van der Waals surface area contributed by atoms with Crippen LogP contribution in [0.2, 0.25) is 5.02 Å². The first-order valence-corrected chi connectivity index (χ1v) is 9.33. The molecule has 0 unspecified atom stereocenters. The molecule has 0 saturated heterocycles. The highest BCUT2D eigenvalue weighted by Crippen LogP contribution is 2.27. The molecule has 2 aromatic rings. The van der Waals surface area contributed by atoms with E-state index in [1.165, 1.54) is 6.07 Å². The lowest BCUT2D eigenvalue weighted by Gasteiger charge is -2.13. The second-order valence-corrected chi connectivity index (χ2v) is 7.70. The lowest BCUT2D eigenvalue weighted by atomic mass is 10.1. The Labute approximate surface area is 152 Å². The van der Waals surface area contributed by atoms with Crippen LogP contribution in [0.25, 0.3) is 0 Å². The van der Waals surface area contributed by atoms with Gasteiger partial charge in [-0.3, -0.25) is 4.79 Å². The first kappa shape index (κ1) is 19.2. The van der Waals surface area contributed by atoms with Gasteiger partial charge in [-0.25, -0.2) is 13.6 Å². The van der Waals surface area contributed by atoms with Gasteiger partial charge in [-0.2, -0.15) is 0 Å². The fraction of sp³-hybridized carbons (Fsp3) is 0.235. The minimum absolute atomic E-state index is 0.0318. The van der Waals surface area contributed by atoms with Crippen molar-refractivity contribution in [3.05, 3.63) is 52.0 Å². The number of hydrogen-bond acceptors (Lipinski definition) is 4. The first-order valence-electron chi connectivity index (χ1n) is 7.41. The summed E-state index contributed by atoms with van der Waals surface area (Å²) in [5.41, 5.74) is 2.48. The van der Waals surface area contributed by atoms with E-state index in [9.17, 15) is 13.2 Å². The van der Waals surface area contributed by atoms with Gasteiger partial charge in [0.1, 0.15) is 5.75 Å². The van der Waals surface area contributed by atoms with E-state index in [4.69, 9.17) is 21.5 Å². The van der Waals surface area contributed by atoms with Crippen LogP contribution < -0.4 is 15.2 Å². The molecule has 0 radical (unpaired) electrons. The van der Waals surface area contributed by atoms with E-state index >= 15 is 0 Å². The SMILES string of the molecule is Cc1ccc(NC(=O)COc2c(C)cc(Cl)cc2C)cc1S(N)(=O)=O. The summed E-state index contributed by atoms with van der Waals surface area (Å²) in [6.45, 7) is 5.08. The number of anilines is 1. The van der Waals surface area contributed by atoms with Gasteiger partial charge in [0, 0.05) is 10.7 Å². The Morgan fingerprint density at radius 1 is 1.12 bits per heavy atom. The summed E-state index contributed by atoms with van der Waals surface area (Å²) in [6, 6.07) is 7.99. The molecule has 0 aliphatic carbocycles. The monoisotopic (exact) mass is 382 g/mol. The Morgan fingerprint density at radius 3 is 2.28 bits per heavy atom. The molecule has 2 aromatic carbocycles. The van der Waals surface area contributed by atoms with Crippen LogP contribution in [0.5, 0.6) is 5.75 Å². The van der Waals surface area contributed by atoms with E-state index in [0.29, 0.717) is 22.0 Å². The molecule has 134 valence electrons. The van der Waals surface area contributed by atoms with Gasteiger partial charge in [-0.05, 0) is 61.7 Å². The molecule has 8 heteroatoms. The van der Waals surface area contributed by atoms with Gasteiger partial charge in [-0.15, -0.1) is 0 Å². The van der Waals surface area contributed by atoms with Gasteiger partial charge in [0.2, 0.25) is 10.0 Å². The first-order chi connectivity index (χ1) is 11.6. The van der Waals surface area contributed by atoms with Crippen molar-refractivity contribution < 1.29 is 17.9 Å². The number of halogens is 1. The number of aryl methyl sites for hydroxylation is 3. The Balaban J connectivity index is 2.09. The summed E-state index contributed by atoms with van der Waals surface area (Å²) in [7, 11) is -3.86. The molecule has 3 N–H and O–H groups in total. The summed E-state index contributed by atoms with van der Waals surface area (Å²) in [5.74, 6) is 0.173. The second-order valence-electron chi connectivity index (χ2n) is 5.73. The quantitative estimate of drug-likeness (QED) is 0.830. The Hall–Kier alpha value is -2.09. The standard InChI is InChI=1S/C17H19ClN2O4S/c1-10-4-5-14(8-15(10)25(19,22)23)20-16(21)9-24-17-11(2)6-13(18)7-12(17)3/h4-8H,9H2,1-3H3,(H,20,21)(H2,19,22,23). The van der Waals surface area contributed by atoms with Gasteiger partial charge in [0.25, 0.3) is 5.91 Å². The maximum Gasteiger partial charge on any atom is 0.262 e. The van der Waals surface area contributed by atoms with Crippen molar-refractivity contribution >= 4 is 33.2 Å². The summed E-state index contributed by atoms with van der Waals surface area (Å²) in [4.78, 5) is 12.0. The highest BCUT2D eigenvalue weighted by Gasteiger charge is 2.14. The zero-order valence-electron chi connectivity index (χ0n) is 14.1. The van der Waals surface area contributed by atoms with Gasteiger partial charge >= 0.3 is 0 Å². The fourth-order valence-corrected chi connectivity index (χ4v) is 3.58. The largest absolute Gasteiger partial charge is 0.483 e. The van der Waals surface area contributed by atoms with Crippen LogP contribution in [0.1, 0.15) is 16.7 Å². The van der Waals surface area contributed by atoms with Crippen LogP contribution >= 0.6 is 11.6 Å². The highest BCUT2D eigenvalue weighted by atomic mass is 35.5. The number of primary sulfonamides is 1. The smallest absolute Gasteiger partial charge is 0.262 e. The molecular weight excluding hydrogens is 364 g/mol. The lowest BCUT2D eigenvalue weighted by molar-refractivity contribution is -0.118. The average Bonchev–Trinajstić information content (AvgIpc) is 2.47. The summed E-state index contributed by atoms with van der Waals surface area (Å²) >= 11 is 5.96. The predicted octanol–water partition coefficient (Wildman–Crippen LogP) is 2.93. The number of rotatable bonds is 5. The normalized spacial score (nSPS) is 11.2. The molecule has 0 spiro atoms. The van der Waals surface area contributed by atoms with Crippen molar-refractivity contribution in [2.24, 2.45) is 5.14 Å². The molecule has 25 heavy (non-hydrogen) atoms. The Morgan fingerprint density at radius 2 is 1.72 bits per heavy atom. The van der Waals surface area contributed by atoms with Crippen LogP contribution in [-0.4, -0.2) is 20.9 Å². The van der Waals surface area contributed by atoms with E-state index in [1.54, 1.807) is 31.2 Å². The number of nitrogens with one attached hydrogen (secondary N) is 1. The average molecular weight is 383 g/mol.